The molecule has 0 amide bonds. The van der Waals surface area contributed by atoms with E-state index in [1.807, 2.05) is 30.3 Å². The van der Waals surface area contributed by atoms with Crippen molar-refractivity contribution in [1.29, 1.82) is 0 Å². The van der Waals surface area contributed by atoms with Crippen molar-refractivity contribution in [2.24, 2.45) is 5.73 Å². The number of unbranched alkanes of at least 4 members (excludes halogenated alkanes) is 1. The topological polar surface area (TPSA) is 67.5 Å². The van der Waals surface area contributed by atoms with Gasteiger partial charge in [-0.15, -0.1) is 0 Å². The Bertz CT molecular complexity index is 346. The number of ether oxygens (including phenoxy) is 1. The van der Waals surface area contributed by atoms with E-state index >= 15 is 0 Å². The highest BCUT2D eigenvalue weighted by Crippen LogP contribution is 2.04. The van der Waals surface area contributed by atoms with Crippen LogP contribution < -0.4 is 11.1 Å². The van der Waals surface area contributed by atoms with E-state index in [1.54, 1.807) is 0 Å². The predicted molar refractivity (Wildman–Crippen MR) is 87.3 cm³/mol. The SMILES string of the molecule is CCCCOCCCNC[C@@H](O)[C@@H](N)Cc1ccccc1. The maximum Gasteiger partial charge on any atom is 0.0818 e. The van der Waals surface area contributed by atoms with Gasteiger partial charge in [0.25, 0.3) is 0 Å². The van der Waals surface area contributed by atoms with Crippen molar-refractivity contribution in [2.75, 3.05) is 26.3 Å². The summed E-state index contributed by atoms with van der Waals surface area (Å²) >= 11 is 0. The van der Waals surface area contributed by atoms with Crippen molar-refractivity contribution in [1.82, 2.24) is 5.32 Å². The number of hydrogen-bond donors (Lipinski definition) is 3. The molecule has 0 aliphatic rings. The van der Waals surface area contributed by atoms with Gasteiger partial charge in [0.1, 0.15) is 0 Å². The van der Waals surface area contributed by atoms with Gasteiger partial charge < -0.3 is 20.9 Å². The van der Waals surface area contributed by atoms with Crippen LogP contribution in [-0.4, -0.2) is 43.6 Å². The largest absolute Gasteiger partial charge is 0.390 e. The van der Waals surface area contributed by atoms with Gasteiger partial charge in [-0.2, -0.15) is 0 Å². The minimum atomic E-state index is -0.522. The third kappa shape index (κ3) is 8.83. The lowest BCUT2D eigenvalue weighted by molar-refractivity contribution is 0.123. The molecule has 120 valence electrons. The quantitative estimate of drug-likeness (QED) is 0.513. The van der Waals surface area contributed by atoms with Gasteiger partial charge in [0, 0.05) is 25.8 Å². The van der Waals surface area contributed by atoms with Crippen LogP contribution in [0.1, 0.15) is 31.7 Å². The molecule has 0 heterocycles. The molecule has 0 radical (unpaired) electrons. The average Bonchev–Trinajstić information content (AvgIpc) is 2.50. The third-order valence-electron chi connectivity index (χ3n) is 3.45. The second kappa shape index (κ2) is 11.7. The molecule has 0 bridgehead atoms. The maximum absolute atomic E-state index is 10.0. The zero-order chi connectivity index (χ0) is 15.3. The van der Waals surface area contributed by atoms with Crippen molar-refractivity contribution in [3.63, 3.8) is 0 Å². The van der Waals surface area contributed by atoms with Crippen molar-refractivity contribution in [2.45, 2.75) is 44.8 Å². The first kappa shape index (κ1) is 18.1. The Morgan fingerprint density at radius 1 is 1.19 bits per heavy atom. The van der Waals surface area contributed by atoms with Gasteiger partial charge in [-0.3, -0.25) is 0 Å². The Hall–Kier alpha value is -0.940. The smallest absolute Gasteiger partial charge is 0.0818 e. The minimum Gasteiger partial charge on any atom is -0.390 e. The standard InChI is InChI=1S/C17H30N2O2/c1-2-3-11-21-12-7-10-19-14-17(20)16(18)13-15-8-5-4-6-9-15/h4-6,8-9,16-17,19-20H,2-3,7,10-14,18H2,1H3/t16-,17+/m0/s1. The van der Waals surface area contributed by atoms with Crippen LogP contribution in [0.15, 0.2) is 30.3 Å². The molecule has 4 N–H and O–H groups in total. The summed E-state index contributed by atoms with van der Waals surface area (Å²) in [6.07, 6.45) is 3.43. The Balaban J connectivity index is 2.03. The van der Waals surface area contributed by atoms with E-state index in [4.69, 9.17) is 10.5 Å². The molecule has 4 nitrogen and oxygen atoms in total. The van der Waals surface area contributed by atoms with Crippen LogP contribution >= 0.6 is 0 Å². The monoisotopic (exact) mass is 294 g/mol. The van der Waals surface area contributed by atoms with Gasteiger partial charge in [-0.1, -0.05) is 43.7 Å². The highest BCUT2D eigenvalue weighted by Gasteiger charge is 2.14. The molecule has 1 aromatic rings. The van der Waals surface area contributed by atoms with Crippen molar-refractivity contribution >= 4 is 0 Å². The van der Waals surface area contributed by atoms with Crippen LogP contribution in [0.25, 0.3) is 0 Å². The lowest BCUT2D eigenvalue weighted by Crippen LogP contribution is -2.43. The first-order valence-corrected chi connectivity index (χ1v) is 8.00. The molecule has 0 aliphatic carbocycles. The summed E-state index contributed by atoms with van der Waals surface area (Å²) in [5.41, 5.74) is 7.19. The van der Waals surface area contributed by atoms with E-state index in [9.17, 15) is 5.11 Å². The zero-order valence-corrected chi connectivity index (χ0v) is 13.1. The first-order valence-electron chi connectivity index (χ1n) is 8.00. The Morgan fingerprint density at radius 2 is 1.90 bits per heavy atom. The Kier molecular flexibility index (Phi) is 10.1. The number of aliphatic hydroxyl groups is 1. The highest BCUT2D eigenvalue weighted by molar-refractivity contribution is 5.16. The van der Waals surface area contributed by atoms with Gasteiger partial charge in [-0.05, 0) is 31.4 Å². The zero-order valence-electron chi connectivity index (χ0n) is 13.1. The van der Waals surface area contributed by atoms with Crippen LogP contribution in [-0.2, 0) is 11.2 Å². The van der Waals surface area contributed by atoms with Gasteiger partial charge >= 0.3 is 0 Å². The lowest BCUT2D eigenvalue weighted by atomic mass is 10.0. The fourth-order valence-electron chi connectivity index (χ4n) is 2.07. The van der Waals surface area contributed by atoms with Crippen LogP contribution in [0.4, 0.5) is 0 Å². The van der Waals surface area contributed by atoms with Crippen molar-refractivity contribution < 1.29 is 9.84 Å². The van der Waals surface area contributed by atoms with E-state index < -0.39 is 6.10 Å². The first-order chi connectivity index (χ1) is 10.2. The van der Waals surface area contributed by atoms with Crippen molar-refractivity contribution in [3.8, 4) is 0 Å². The molecule has 1 rings (SSSR count). The molecule has 4 heteroatoms. The minimum absolute atomic E-state index is 0.235. The average molecular weight is 294 g/mol. The normalized spacial score (nSPS) is 14.0. The fraction of sp³-hybridized carbons (Fsp3) is 0.647. The van der Waals surface area contributed by atoms with E-state index in [0.717, 1.165) is 38.2 Å². The number of nitrogens with two attached hydrogens (primary N) is 1. The molecule has 0 aliphatic heterocycles. The second-order valence-electron chi connectivity index (χ2n) is 5.44. The van der Waals surface area contributed by atoms with Gasteiger partial charge in [0.05, 0.1) is 6.10 Å². The summed E-state index contributed by atoms with van der Waals surface area (Å²) in [7, 11) is 0. The van der Waals surface area contributed by atoms with E-state index in [-0.39, 0.29) is 6.04 Å². The molecule has 0 unspecified atom stereocenters. The summed E-state index contributed by atoms with van der Waals surface area (Å²) in [5.74, 6) is 0. The Morgan fingerprint density at radius 3 is 2.62 bits per heavy atom. The summed E-state index contributed by atoms with van der Waals surface area (Å²) in [4.78, 5) is 0. The number of benzene rings is 1. The molecule has 0 saturated carbocycles. The number of rotatable bonds is 12. The third-order valence-corrected chi connectivity index (χ3v) is 3.45. The van der Waals surface area contributed by atoms with E-state index in [0.29, 0.717) is 13.0 Å². The molecular weight excluding hydrogens is 264 g/mol. The molecule has 0 aromatic heterocycles. The van der Waals surface area contributed by atoms with E-state index in [2.05, 4.69) is 12.2 Å². The second-order valence-corrected chi connectivity index (χ2v) is 5.44. The van der Waals surface area contributed by atoms with Crippen LogP contribution in [0.2, 0.25) is 0 Å². The molecule has 2 atom stereocenters. The van der Waals surface area contributed by atoms with Gasteiger partial charge in [-0.25, -0.2) is 0 Å². The molecule has 21 heavy (non-hydrogen) atoms. The summed E-state index contributed by atoms with van der Waals surface area (Å²) in [6.45, 7) is 5.16. The number of hydrogen-bond acceptors (Lipinski definition) is 4. The fourth-order valence-corrected chi connectivity index (χ4v) is 2.07. The van der Waals surface area contributed by atoms with Gasteiger partial charge in [0.15, 0.2) is 0 Å². The molecule has 0 spiro atoms. The lowest BCUT2D eigenvalue weighted by Gasteiger charge is -2.19. The predicted octanol–water partition coefficient (Wildman–Crippen LogP) is 1.71. The number of aliphatic hydroxyl groups excluding tert-OH is 1. The summed E-state index contributed by atoms with van der Waals surface area (Å²) in [5, 5.41) is 13.3. The maximum atomic E-state index is 10.0. The van der Waals surface area contributed by atoms with Crippen LogP contribution in [0, 0.1) is 0 Å². The summed E-state index contributed by atoms with van der Waals surface area (Å²) in [6, 6.07) is 9.80. The molecule has 1 aromatic carbocycles. The molecular formula is C17H30N2O2. The summed E-state index contributed by atoms with van der Waals surface area (Å²) < 4.78 is 5.48. The van der Waals surface area contributed by atoms with Crippen LogP contribution in [0.5, 0.6) is 0 Å². The highest BCUT2D eigenvalue weighted by atomic mass is 16.5. The van der Waals surface area contributed by atoms with Crippen LogP contribution in [0.3, 0.4) is 0 Å². The molecule has 0 fully saturated rings. The molecule has 0 saturated heterocycles. The number of nitrogens with one attached hydrogen (secondary N) is 1. The van der Waals surface area contributed by atoms with Gasteiger partial charge in [0.2, 0.25) is 0 Å². The van der Waals surface area contributed by atoms with Crippen molar-refractivity contribution in [3.05, 3.63) is 35.9 Å². The van der Waals surface area contributed by atoms with E-state index in [1.165, 1.54) is 6.42 Å². The Labute approximate surface area is 128 Å².